The van der Waals surface area contributed by atoms with Gasteiger partial charge in [-0.2, -0.15) is 4.98 Å². The van der Waals surface area contributed by atoms with Crippen LogP contribution in [0.1, 0.15) is 17.8 Å². The third-order valence-corrected chi connectivity index (χ3v) is 4.24. The van der Waals surface area contributed by atoms with E-state index in [0.717, 1.165) is 4.90 Å². The van der Waals surface area contributed by atoms with Crippen LogP contribution in [0.3, 0.4) is 0 Å². The summed E-state index contributed by atoms with van der Waals surface area (Å²) in [7, 11) is 0. The van der Waals surface area contributed by atoms with Crippen molar-refractivity contribution in [3.8, 4) is 0 Å². The van der Waals surface area contributed by atoms with Crippen LogP contribution in [0.4, 0.5) is 0 Å². The van der Waals surface area contributed by atoms with Crippen LogP contribution in [-0.4, -0.2) is 29.1 Å². The number of halogens is 1. The number of nitrogens with one attached hydrogen (secondary N) is 2. The van der Waals surface area contributed by atoms with Gasteiger partial charge in [0, 0.05) is 16.5 Å². The Labute approximate surface area is 130 Å². The number of benzene rings is 1. The van der Waals surface area contributed by atoms with E-state index in [1.807, 2.05) is 24.3 Å². The number of aromatic nitrogens is 2. The Morgan fingerprint density at radius 3 is 2.90 bits per heavy atom. The van der Waals surface area contributed by atoms with Crippen molar-refractivity contribution in [2.75, 3.05) is 13.1 Å². The molecule has 2 N–H and O–H groups in total. The molecule has 110 valence electrons. The monoisotopic (exact) mass is 324 g/mol. The van der Waals surface area contributed by atoms with Crippen molar-refractivity contribution in [3.05, 3.63) is 41.0 Å². The summed E-state index contributed by atoms with van der Waals surface area (Å²) in [4.78, 5) is 16.5. The standard InChI is InChI=1S/C13H13ClN4O2S/c14-8-1-3-9(4-2-8)21-7-11-17-13(20-18-11)10-5-16-12(19)6-15-10/h1-4,10,15H,5-7H2,(H,16,19). The molecule has 1 aromatic carbocycles. The molecular weight excluding hydrogens is 312 g/mol. The van der Waals surface area contributed by atoms with Crippen LogP contribution < -0.4 is 10.6 Å². The lowest BCUT2D eigenvalue weighted by Gasteiger charge is -2.20. The predicted octanol–water partition coefficient (Wildman–Crippen LogP) is 1.78. The van der Waals surface area contributed by atoms with Crippen molar-refractivity contribution in [2.24, 2.45) is 0 Å². The molecule has 0 radical (unpaired) electrons. The van der Waals surface area contributed by atoms with Crippen LogP contribution in [-0.2, 0) is 10.5 Å². The lowest BCUT2D eigenvalue weighted by molar-refractivity contribution is -0.121. The first kappa shape index (κ1) is 14.4. The van der Waals surface area contributed by atoms with E-state index in [0.29, 0.717) is 29.0 Å². The highest BCUT2D eigenvalue weighted by atomic mass is 35.5. The average molecular weight is 325 g/mol. The summed E-state index contributed by atoms with van der Waals surface area (Å²) >= 11 is 7.45. The molecular formula is C13H13ClN4O2S. The molecule has 1 fully saturated rings. The van der Waals surface area contributed by atoms with Crippen molar-refractivity contribution < 1.29 is 9.32 Å². The molecule has 1 saturated heterocycles. The van der Waals surface area contributed by atoms with E-state index in [-0.39, 0.29) is 18.5 Å². The second-order valence-electron chi connectivity index (χ2n) is 4.53. The van der Waals surface area contributed by atoms with E-state index in [1.165, 1.54) is 0 Å². The van der Waals surface area contributed by atoms with Gasteiger partial charge in [0.15, 0.2) is 5.82 Å². The van der Waals surface area contributed by atoms with Crippen LogP contribution >= 0.6 is 23.4 Å². The lowest BCUT2D eigenvalue weighted by atomic mass is 10.2. The zero-order valence-electron chi connectivity index (χ0n) is 11.0. The Morgan fingerprint density at radius 1 is 1.38 bits per heavy atom. The second kappa shape index (κ2) is 6.46. The summed E-state index contributed by atoms with van der Waals surface area (Å²) in [5.74, 6) is 1.72. The Morgan fingerprint density at radius 2 is 2.19 bits per heavy atom. The fraction of sp³-hybridized carbons (Fsp3) is 0.308. The molecule has 6 nitrogen and oxygen atoms in total. The maximum Gasteiger partial charge on any atom is 0.245 e. The van der Waals surface area contributed by atoms with Crippen molar-refractivity contribution >= 4 is 29.3 Å². The van der Waals surface area contributed by atoms with Gasteiger partial charge < -0.3 is 9.84 Å². The largest absolute Gasteiger partial charge is 0.353 e. The van der Waals surface area contributed by atoms with E-state index in [9.17, 15) is 4.79 Å². The van der Waals surface area contributed by atoms with Gasteiger partial charge in [0.05, 0.1) is 12.3 Å². The van der Waals surface area contributed by atoms with Gasteiger partial charge in [-0.05, 0) is 24.3 Å². The number of hydrogen-bond acceptors (Lipinski definition) is 6. The minimum absolute atomic E-state index is 0.0238. The number of carbonyl (C=O) groups is 1. The minimum atomic E-state index is -0.121. The van der Waals surface area contributed by atoms with Crippen LogP contribution in [0.25, 0.3) is 0 Å². The number of carbonyl (C=O) groups excluding carboxylic acids is 1. The van der Waals surface area contributed by atoms with Crippen molar-refractivity contribution in [1.29, 1.82) is 0 Å². The summed E-state index contributed by atoms with van der Waals surface area (Å²) < 4.78 is 5.24. The third kappa shape index (κ3) is 3.75. The van der Waals surface area contributed by atoms with Crippen LogP contribution in [0.2, 0.25) is 5.02 Å². The highest BCUT2D eigenvalue weighted by Crippen LogP contribution is 2.23. The normalized spacial score (nSPS) is 18.5. The highest BCUT2D eigenvalue weighted by Gasteiger charge is 2.23. The molecule has 0 aliphatic carbocycles. The number of thioether (sulfide) groups is 1. The number of piperazine rings is 1. The number of amides is 1. The predicted molar refractivity (Wildman–Crippen MR) is 79.1 cm³/mol. The molecule has 1 unspecified atom stereocenters. The van der Waals surface area contributed by atoms with Gasteiger partial charge in [-0.1, -0.05) is 16.8 Å². The van der Waals surface area contributed by atoms with Gasteiger partial charge in [0.1, 0.15) is 6.04 Å². The molecule has 0 saturated carbocycles. The first-order valence-corrected chi connectivity index (χ1v) is 7.78. The zero-order chi connectivity index (χ0) is 14.7. The maximum atomic E-state index is 11.1. The summed E-state index contributed by atoms with van der Waals surface area (Å²) in [5, 5.41) is 10.5. The molecule has 1 atom stereocenters. The van der Waals surface area contributed by atoms with Crippen molar-refractivity contribution in [3.63, 3.8) is 0 Å². The molecule has 1 amide bonds. The maximum absolute atomic E-state index is 11.1. The number of rotatable bonds is 4. The summed E-state index contributed by atoms with van der Waals surface area (Å²) in [6, 6.07) is 7.48. The third-order valence-electron chi connectivity index (χ3n) is 2.98. The first-order valence-electron chi connectivity index (χ1n) is 6.41. The fourth-order valence-corrected chi connectivity index (χ4v) is 2.75. The van der Waals surface area contributed by atoms with Crippen molar-refractivity contribution in [2.45, 2.75) is 16.7 Å². The van der Waals surface area contributed by atoms with Gasteiger partial charge in [-0.25, -0.2) is 0 Å². The SMILES string of the molecule is O=C1CNC(c2nc(CSc3ccc(Cl)cc3)no2)CN1. The number of hydrogen-bond donors (Lipinski definition) is 2. The molecule has 3 rings (SSSR count). The minimum Gasteiger partial charge on any atom is -0.353 e. The second-order valence-corrected chi connectivity index (χ2v) is 6.01. The Balaban J connectivity index is 1.57. The summed E-state index contributed by atoms with van der Waals surface area (Å²) in [6.07, 6.45) is 0. The van der Waals surface area contributed by atoms with Crippen LogP contribution in [0.15, 0.2) is 33.7 Å². The van der Waals surface area contributed by atoms with E-state index in [1.54, 1.807) is 11.8 Å². The Hall–Kier alpha value is -1.57. The molecule has 2 aromatic rings. The van der Waals surface area contributed by atoms with Crippen LogP contribution in [0, 0.1) is 0 Å². The molecule has 2 heterocycles. The summed E-state index contributed by atoms with van der Waals surface area (Å²) in [6.45, 7) is 0.729. The van der Waals surface area contributed by atoms with Crippen molar-refractivity contribution in [1.82, 2.24) is 20.8 Å². The average Bonchev–Trinajstić information content (AvgIpc) is 2.96. The lowest BCUT2D eigenvalue weighted by Crippen LogP contribution is -2.47. The molecule has 1 aliphatic heterocycles. The van der Waals surface area contributed by atoms with Gasteiger partial charge >= 0.3 is 0 Å². The van der Waals surface area contributed by atoms with E-state index in [2.05, 4.69) is 20.8 Å². The molecule has 8 heteroatoms. The molecule has 1 aliphatic rings. The van der Waals surface area contributed by atoms with Gasteiger partial charge in [-0.15, -0.1) is 11.8 Å². The molecule has 1 aromatic heterocycles. The van der Waals surface area contributed by atoms with Gasteiger partial charge in [0.2, 0.25) is 11.8 Å². The molecule has 0 bridgehead atoms. The van der Waals surface area contributed by atoms with E-state index < -0.39 is 0 Å². The fourth-order valence-electron chi connectivity index (χ4n) is 1.89. The van der Waals surface area contributed by atoms with Gasteiger partial charge in [-0.3, -0.25) is 10.1 Å². The Bertz CT molecular complexity index is 621. The van der Waals surface area contributed by atoms with E-state index in [4.69, 9.17) is 16.1 Å². The molecule has 0 spiro atoms. The molecule has 21 heavy (non-hydrogen) atoms. The first-order chi connectivity index (χ1) is 10.2. The topological polar surface area (TPSA) is 80.1 Å². The smallest absolute Gasteiger partial charge is 0.245 e. The number of nitrogens with zero attached hydrogens (tertiary/aromatic N) is 2. The van der Waals surface area contributed by atoms with Gasteiger partial charge in [0.25, 0.3) is 0 Å². The zero-order valence-corrected chi connectivity index (χ0v) is 12.6. The van der Waals surface area contributed by atoms with Crippen LogP contribution in [0.5, 0.6) is 0 Å². The van der Waals surface area contributed by atoms with E-state index >= 15 is 0 Å². The quantitative estimate of drug-likeness (QED) is 0.834. The summed E-state index contributed by atoms with van der Waals surface area (Å²) in [5.41, 5.74) is 0. The Kier molecular flexibility index (Phi) is 4.42. The highest BCUT2D eigenvalue weighted by molar-refractivity contribution is 7.98.